The molecule has 0 aromatic rings. The maximum atomic E-state index is 3.98. The summed E-state index contributed by atoms with van der Waals surface area (Å²) in [4.78, 5) is 0. The summed E-state index contributed by atoms with van der Waals surface area (Å²) < 4.78 is 0. The van der Waals surface area contributed by atoms with Crippen molar-refractivity contribution >= 4 is 0 Å². The zero-order valence-corrected chi connectivity index (χ0v) is 6.35. The van der Waals surface area contributed by atoms with Crippen LogP contribution in [0.5, 0.6) is 0 Å². The molecule has 0 nitrogen and oxygen atoms in total. The minimum Gasteiger partial charge on any atom is -0.0955 e. The van der Waals surface area contributed by atoms with Gasteiger partial charge in [0.1, 0.15) is 0 Å². The molecule has 1 atom stereocenters. The molecule has 0 heterocycles. The highest BCUT2D eigenvalue weighted by Crippen LogP contribution is 2.48. The van der Waals surface area contributed by atoms with Crippen LogP contribution >= 0.6 is 0 Å². The molecule has 10 heavy (non-hydrogen) atoms. The Morgan fingerprint density at radius 2 is 2.50 bits per heavy atom. The molecule has 2 rings (SSSR count). The summed E-state index contributed by atoms with van der Waals surface area (Å²) in [6.07, 6.45) is 6.97. The molecular weight excluding hydrogens is 120 g/mol. The number of fused-ring (bicyclic) bond motifs is 1. The van der Waals surface area contributed by atoms with Gasteiger partial charge in [-0.25, -0.2) is 0 Å². The standard InChI is InChI=1S/C10H12/c1-3-8-4-5-9-7(2)6-10(8)9/h3,5,10H,2,4,6H2,1H3/b8-3+. The first-order valence-corrected chi connectivity index (χ1v) is 3.86. The molecule has 0 saturated heterocycles. The first-order chi connectivity index (χ1) is 4.83. The van der Waals surface area contributed by atoms with E-state index in [-0.39, 0.29) is 0 Å². The molecule has 0 aromatic heterocycles. The van der Waals surface area contributed by atoms with E-state index in [1.54, 1.807) is 5.57 Å². The topological polar surface area (TPSA) is 0 Å². The van der Waals surface area contributed by atoms with Gasteiger partial charge in [0.25, 0.3) is 0 Å². The number of hydrogen-bond acceptors (Lipinski definition) is 0. The fraction of sp³-hybridized carbons (Fsp3) is 0.400. The Hall–Kier alpha value is -0.780. The second kappa shape index (κ2) is 1.85. The zero-order chi connectivity index (χ0) is 7.14. The number of rotatable bonds is 0. The van der Waals surface area contributed by atoms with Gasteiger partial charge in [0, 0.05) is 5.92 Å². The third-order valence-electron chi connectivity index (χ3n) is 2.61. The lowest BCUT2D eigenvalue weighted by Crippen LogP contribution is -2.15. The van der Waals surface area contributed by atoms with E-state index in [0.717, 1.165) is 5.92 Å². The maximum absolute atomic E-state index is 3.98. The quantitative estimate of drug-likeness (QED) is 0.444. The van der Waals surface area contributed by atoms with Gasteiger partial charge in [-0.1, -0.05) is 29.9 Å². The molecule has 1 fully saturated rings. The van der Waals surface area contributed by atoms with Crippen molar-refractivity contribution < 1.29 is 0 Å². The van der Waals surface area contributed by atoms with E-state index in [4.69, 9.17) is 0 Å². The summed E-state index contributed by atoms with van der Waals surface area (Å²) >= 11 is 0. The summed E-state index contributed by atoms with van der Waals surface area (Å²) in [6.45, 7) is 6.11. The van der Waals surface area contributed by atoms with Crippen molar-refractivity contribution in [2.45, 2.75) is 19.8 Å². The van der Waals surface area contributed by atoms with Crippen molar-refractivity contribution in [3.05, 3.63) is 35.5 Å². The van der Waals surface area contributed by atoms with E-state index >= 15 is 0 Å². The van der Waals surface area contributed by atoms with Crippen molar-refractivity contribution in [1.29, 1.82) is 0 Å². The zero-order valence-electron chi connectivity index (χ0n) is 6.35. The highest BCUT2D eigenvalue weighted by molar-refractivity contribution is 5.51. The van der Waals surface area contributed by atoms with Crippen LogP contribution in [0.3, 0.4) is 0 Å². The van der Waals surface area contributed by atoms with Crippen molar-refractivity contribution in [3.63, 3.8) is 0 Å². The Bertz CT molecular complexity index is 241. The number of hydrogen-bond donors (Lipinski definition) is 0. The Morgan fingerprint density at radius 1 is 1.70 bits per heavy atom. The van der Waals surface area contributed by atoms with E-state index in [9.17, 15) is 0 Å². The minimum atomic E-state index is 0.775. The Kier molecular flexibility index (Phi) is 1.10. The lowest BCUT2D eigenvalue weighted by molar-refractivity contribution is 0.641. The van der Waals surface area contributed by atoms with Crippen molar-refractivity contribution in [2.24, 2.45) is 5.92 Å². The largest absolute Gasteiger partial charge is 0.0955 e. The third kappa shape index (κ3) is 0.566. The lowest BCUT2D eigenvalue weighted by atomic mass is 9.75. The molecule has 52 valence electrons. The lowest BCUT2D eigenvalue weighted by Gasteiger charge is -2.29. The molecule has 0 spiro atoms. The second-order valence-electron chi connectivity index (χ2n) is 3.09. The van der Waals surface area contributed by atoms with Gasteiger partial charge in [-0.05, 0) is 25.3 Å². The van der Waals surface area contributed by atoms with Crippen LogP contribution in [0.25, 0.3) is 0 Å². The SMILES string of the molecule is C=C1CC2C1=CC/C2=C\C. The molecule has 0 amide bonds. The first-order valence-electron chi connectivity index (χ1n) is 3.86. The number of allylic oxidation sites excluding steroid dienone is 5. The molecule has 0 heteroatoms. The highest BCUT2D eigenvalue weighted by Gasteiger charge is 2.33. The summed E-state index contributed by atoms with van der Waals surface area (Å²) in [5.74, 6) is 0.775. The molecule has 0 bridgehead atoms. The van der Waals surface area contributed by atoms with Gasteiger partial charge in [0.2, 0.25) is 0 Å². The van der Waals surface area contributed by atoms with Gasteiger partial charge in [0.15, 0.2) is 0 Å². The fourth-order valence-corrected chi connectivity index (χ4v) is 1.90. The van der Waals surface area contributed by atoms with Crippen LogP contribution in [0.2, 0.25) is 0 Å². The van der Waals surface area contributed by atoms with E-state index in [1.807, 2.05) is 0 Å². The molecule has 1 unspecified atom stereocenters. The van der Waals surface area contributed by atoms with Crippen LogP contribution in [0, 0.1) is 5.92 Å². The van der Waals surface area contributed by atoms with Gasteiger partial charge in [-0.15, -0.1) is 0 Å². The van der Waals surface area contributed by atoms with Crippen LogP contribution in [0.4, 0.5) is 0 Å². The Morgan fingerprint density at radius 3 is 3.00 bits per heavy atom. The van der Waals surface area contributed by atoms with Crippen LogP contribution in [0.1, 0.15) is 19.8 Å². The van der Waals surface area contributed by atoms with Crippen LogP contribution in [-0.2, 0) is 0 Å². The minimum absolute atomic E-state index is 0.775. The van der Waals surface area contributed by atoms with Gasteiger partial charge in [0.05, 0.1) is 0 Å². The molecule has 0 aliphatic heterocycles. The Labute approximate surface area is 61.9 Å². The van der Waals surface area contributed by atoms with Crippen LogP contribution in [0.15, 0.2) is 35.5 Å². The van der Waals surface area contributed by atoms with E-state index in [2.05, 4.69) is 25.7 Å². The molecule has 2 aliphatic rings. The molecule has 2 aliphatic carbocycles. The van der Waals surface area contributed by atoms with Crippen LogP contribution < -0.4 is 0 Å². The summed E-state index contributed by atoms with van der Waals surface area (Å²) in [5, 5.41) is 0. The smallest absolute Gasteiger partial charge is 0.00909 e. The fourth-order valence-electron chi connectivity index (χ4n) is 1.90. The maximum Gasteiger partial charge on any atom is 0.00909 e. The van der Waals surface area contributed by atoms with Crippen molar-refractivity contribution in [3.8, 4) is 0 Å². The van der Waals surface area contributed by atoms with E-state index in [0.29, 0.717) is 0 Å². The predicted octanol–water partition coefficient (Wildman–Crippen LogP) is 2.84. The summed E-state index contributed by atoms with van der Waals surface area (Å²) in [7, 11) is 0. The van der Waals surface area contributed by atoms with E-state index < -0.39 is 0 Å². The monoisotopic (exact) mass is 132 g/mol. The van der Waals surface area contributed by atoms with Gasteiger partial charge < -0.3 is 0 Å². The van der Waals surface area contributed by atoms with E-state index in [1.165, 1.54) is 24.0 Å². The summed E-state index contributed by atoms with van der Waals surface area (Å²) in [6, 6.07) is 0. The molecule has 1 saturated carbocycles. The van der Waals surface area contributed by atoms with Crippen molar-refractivity contribution in [2.75, 3.05) is 0 Å². The van der Waals surface area contributed by atoms with Gasteiger partial charge in [-0.2, -0.15) is 0 Å². The average Bonchev–Trinajstić information content (AvgIpc) is 2.25. The van der Waals surface area contributed by atoms with Crippen molar-refractivity contribution in [1.82, 2.24) is 0 Å². The summed E-state index contributed by atoms with van der Waals surface area (Å²) in [5.41, 5.74) is 4.48. The molecule has 0 N–H and O–H groups in total. The van der Waals surface area contributed by atoms with Gasteiger partial charge in [-0.3, -0.25) is 0 Å². The van der Waals surface area contributed by atoms with Gasteiger partial charge >= 0.3 is 0 Å². The third-order valence-corrected chi connectivity index (χ3v) is 2.61. The highest BCUT2D eigenvalue weighted by atomic mass is 14.4. The molecule has 0 aromatic carbocycles. The second-order valence-corrected chi connectivity index (χ2v) is 3.09. The van der Waals surface area contributed by atoms with Crippen LogP contribution in [-0.4, -0.2) is 0 Å². The average molecular weight is 132 g/mol. The molecule has 0 radical (unpaired) electrons. The molecular formula is C10H12. The predicted molar refractivity (Wildman–Crippen MR) is 43.7 cm³/mol. The normalized spacial score (nSPS) is 33.7. The first kappa shape index (κ1) is 5.96. The Balaban J connectivity index is 2.27.